The molecule has 1 nitrogen and oxygen atoms in total. The van der Waals surface area contributed by atoms with Gasteiger partial charge in [0, 0.05) is 6.61 Å². The summed E-state index contributed by atoms with van der Waals surface area (Å²) in [6.07, 6.45) is 16.6. The van der Waals surface area contributed by atoms with Crippen molar-refractivity contribution in [1.82, 2.24) is 0 Å². The average molecular weight is 180 g/mol. The number of rotatable bonds is 7. The van der Waals surface area contributed by atoms with Crippen LogP contribution in [0.3, 0.4) is 0 Å². The van der Waals surface area contributed by atoms with Crippen molar-refractivity contribution in [2.45, 2.75) is 32.6 Å². The molecule has 0 saturated carbocycles. The van der Waals surface area contributed by atoms with Gasteiger partial charge >= 0.3 is 0 Å². The minimum absolute atomic E-state index is 0.249. The summed E-state index contributed by atoms with van der Waals surface area (Å²) < 4.78 is 0. The molecular weight excluding hydrogens is 160 g/mol. The van der Waals surface area contributed by atoms with E-state index in [0.717, 1.165) is 25.7 Å². The third-order valence-electron chi connectivity index (χ3n) is 1.58. The van der Waals surface area contributed by atoms with E-state index < -0.39 is 0 Å². The Hall–Kier alpha value is -0.820. The summed E-state index contributed by atoms with van der Waals surface area (Å²) in [5, 5.41) is 8.49. The Bertz CT molecular complexity index is 166. The van der Waals surface area contributed by atoms with Gasteiger partial charge in [0.25, 0.3) is 0 Å². The van der Waals surface area contributed by atoms with Crippen LogP contribution in [-0.4, -0.2) is 11.7 Å². The van der Waals surface area contributed by atoms with E-state index in [1.54, 1.807) is 0 Å². The normalized spacial score (nSPS) is 12.5. The molecule has 0 amide bonds. The van der Waals surface area contributed by atoms with Gasteiger partial charge in [-0.3, -0.25) is 0 Å². The largest absolute Gasteiger partial charge is 0.396 e. The highest BCUT2D eigenvalue weighted by atomic mass is 16.2. The van der Waals surface area contributed by atoms with Crippen molar-refractivity contribution < 1.29 is 5.11 Å². The van der Waals surface area contributed by atoms with Crippen LogP contribution in [0.15, 0.2) is 36.5 Å². The fourth-order valence-corrected chi connectivity index (χ4v) is 0.901. The molecule has 0 saturated heterocycles. The Kier molecular flexibility index (Phi) is 10.5. The molecule has 1 heteroatoms. The zero-order valence-corrected chi connectivity index (χ0v) is 8.45. The highest BCUT2D eigenvalue weighted by molar-refractivity contribution is 4.96. The Morgan fingerprint density at radius 1 is 0.846 bits per heavy atom. The van der Waals surface area contributed by atoms with Gasteiger partial charge in [-0.2, -0.15) is 0 Å². The average Bonchev–Trinajstić information content (AvgIpc) is 2.16. The fraction of sp³-hybridized carbons (Fsp3) is 0.500. The lowest BCUT2D eigenvalue weighted by Gasteiger charge is -1.84. The standard InChI is InChI=1S/C12H20O/c1-2-3-4-5-6-7-8-9-10-11-12-13/h3-4,6-7,9-10,13H,2,5,8,11-12H2,1H3/b4-3+,7-6-,10-9-. The van der Waals surface area contributed by atoms with Gasteiger partial charge < -0.3 is 5.11 Å². The summed E-state index contributed by atoms with van der Waals surface area (Å²) >= 11 is 0. The predicted octanol–water partition coefficient (Wildman–Crippen LogP) is 3.23. The molecule has 0 fully saturated rings. The summed E-state index contributed by atoms with van der Waals surface area (Å²) in [6, 6.07) is 0. The quantitative estimate of drug-likeness (QED) is 0.596. The van der Waals surface area contributed by atoms with Crippen LogP contribution < -0.4 is 0 Å². The molecule has 0 spiro atoms. The van der Waals surface area contributed by atoms with E-state index >= 15 is 0 Å². The van der Waals surface area contributed by atoms with Crippen LogP contribution in [0.2, 0.25) is 0 Å². The summed E-state index contributed by atoms with van der Waals surface area (Å²) in [5.41, 5.74) is 0. The smallest absolute Gasteiger partial charge is 0.0465 e. The third-order valence-corrected chi connectivity index (χ3v) is 1.58. The van der Waals surface area contributed by atoms with Crippen molar-refractivity contribution >= 4 is 0 Å². The molecule has 0 unspecified atom stereocenters. The summed E-state index contributed by atoms with van der Waals surface area (Å²) in [5.74, 6) is 0. The maximum atomic E-state index is 8.49. The first-order valence-corrected chi connectivity index (χ1v) is 4.97. The lowest BCUT2D eigenvalue weighted by molar-refractivity contribution is 0.302. The van der Waals surface area contributed by atoms with Crippen LogP contribution in [-0.2, 0) is 0 Å². The molecule has 0 aliphatic rings. The fourth-order valence-electron chi connectivity index (χ4n) is 0.901. The lowest BCUT2D eigenvalue weighted by Crippen LogP contribution is -1.74. The molecule has 0 aromatic rings. The molecule has 74 valence electrons. The Balaban J connectivity index is 3.26. The number of hydrogen-bond acceptors (Lipinski definition) is 1. The van der Waals surface area contributed by atoms with E-state index in [1.807, 2.05) is 6.08 Å². The lowest BCUT2D eigenvalue weighted by atomic mass is 10.2. The molecule has 0 radical (unpaired) electrons. The van der Waals surface area contributed by atoms with Crippen molar-refractivity contribution in [3.8, 4) is 0 Å². The molecule has 0 rings (SSSR count). The first-order chi connectivity index (χ1) is 6.41. The maximum Gasteiger partial charge on any atom is 0.0465 e. The van der Waals surface area contributed by atoms with E-state index in [1.165, 1.54) is 0 Å². The van der Waals surface area contributed by atoms with Gasteiger partial charge in [0.2, 0.25) is 0 Å². The Labute approximate surface area is 81.5 Å². The minimum atomic E-state index is 0.249. The second-order valence-electron chi connectivity index (χ2n) is 2.81. The number of allylic oxidation sites excluding steroid dienone is 5. The van der Waals surface area contributed by atoms with Crippen molar-refractivity contribution in [2.75, 3.05) is 6.61 Å². The Morgan fingerprint density at radius 2 is 1.38 bits per heavy atom. The molecule has 0 atom stereocenters. The molecule has 0 heterocycles. The monoisotopic (exact) mass is 180 g/mol. The first kappa shape index (κ1) is 12.2. The van der Waals surface area contributed by atoms with Gasteiger partial charge in [-0.1, -0.05) is 43.4 Å². The molecule has 1 N–H and O–H groups in total. The van der Waals surface area contributed by atoms with E-state index in [4.69, 9.17) is 5.11 Å². The van der Waals surface area contributed by atoms with Crippen molar-refractivity contribution in [3.63, 3.8) is 0 Å². The number of aliphatic hydroxyl groups excluding tert-OH is 1. The van der Waals surface area contributed by atoms with Gasteiger partial charge in [0.1, 0.15) is 0 Å². The van der Waals surface area contributed by atoms with Gasteiger partial charge in [0.05, 0.1) is 0 Å². The second kappa shape index (κ2) is 11.2. The molecule has 0 aliphatic heterocycles. The van der Waals surface area contributed by atoms with Crippen LogP contribution in [0.1, 0.15) is 32.6 Å². The minimum Gasteiger partial charge on any atom is -0.396 e. The van der Waals surface area contributed by atoms with Crippen LogP contribution in [0.25, 0.3) is 0 Å². The van der Waals surface area contributed by atoms with Crippen molar-refractivity contribution in [3.05, 3.63) is 36.5 Å². The zero-order chi connectivity index (χ0) is 9.78. The van der Waals surface area contributed by atoms with Crippen molar-refractivity contribution in [2.24, 2.45) is 0 Å². The van der Waals surface area contributed by atoms with Gasteiger partial charge in [-0.25, -0.2) is 0 Å². The van der Waals surface area contributed by atoms with Crippen LogP contribution >= 0.6 is 0 Å². The van der Waals surface area contributed by atoms with E-state index in [9.17, 15) is 0 Å². The van der Waals surface area contributed by atoms with Gasteiger partial charge in [0.15, 0.2) is 0 Å². The molecule has 0 bridgehead atoms. The second-order valence-corrected chi connectivity index (χ2v) is 2.81. The van der Waals surface area contributed by atoms with E-state index in [-0.39, 0.29) is 6.61 Å². The number of hydrogen-bond donors (Lipinski definition) is 1. The molecule has 0 aromatic heterocycles. The topological polar surface area (TPSA) is 20.2 Å². The highest BCUT2D eigenvalue weighted by Crippen LogP contribution is 1.92. The van der Waals surface area contributed by atoms with Crippen LogP contribution in [0.5, 0.6) is 0 Å². The molecular formula is C12H20O. The Morgan fingerprint density at radius 3 is 1.92 bits per heavy atom. The predicted molar refractivity (Wildman–Crippen MR) is 58.6 cm³/mol. The summed E-state index contributed by atoms with van der Waals surface area (Å²) in [6.45, 7) is 2.39. The number of aliphatic hydroxyl groups is 1. The molecule has 0 aliphatic carbocycles. The third kappa shape index (κ3) is 11.2. The molecule has 13 heavy (non-hydrogen) atoms. The molecule has 0 aromatic carbocycles. The first-order valence-electron chi connectivity index (χ1n) is 4.97. The SMILES string of the molecule is CC/C=C/C/C=C\C/C=C\CCO. The maximum absolute atomic E-state index is 8.49. The van der Waals surface area contributed by atoms with Crippen LogP contribution in [0, 0.1) is 0 Å². The van der Waals surface area contributed by atoms with Crippen molar-refractivity contribution in [1.29, 1.82) is 0 Å². The van der Waals surface area contributed by atoms with Gasteiger partial charge in [-0.15, -0.1) is 0 Å². The van der Waals surface area contributed by atoms with Gasteiger partial charge in [-0.05, 0) is 25.7 Å². The van der Waals surface area contributed by atoms with Crippen LogP contribution in [0.4, 0.5) is 0 Å². The van der Waals surface area contributed by atoms with E-state index in [2.05, 4.69) is 37.3 Å². The highest BCUT2D eigenvalue weighted by Gasteiger charge is 1.74. The zero-order valence-electron chi connectivity index (χ0n) is 8.45. The summed E-state index contributed by atoms with van der Waals surface area (Å²) in [4.78, 5) is 0. The van der Waals surface area contributed by atoms with E-state index in [0.29, 0.717) is 0 Å². The summed E-state index contributed by atoms with van der Waals surface area (Å²) in [7, 11) is 0.